The van der Waals surface area contributed by atoms with Crippen LogP contribution in [0.25, 0.3) is 0 Å². The van der Waals surface area contributed by atoms with Gasteiger partial charge in [-0.25, -0.2) is 0 Å². The first-order valence-corrected chi connectivity index (χ1v) is 7.08. The van der Waals surface area contributed by atoms with Crippen molar-refractivity contribution in [2.45, 2.75) is 50.4 Å². The minimum Gasteiger partial charge on any atom is -0.379 e. The molecular formula is C9H20NO4P. The molecule has 0 amide bonds. The number of hydrogen-bond donors (Lipinski definition) is 4. The van der Waals surface area contributed by atoms with Gasteiger partial charge in [0.15, 0.2) is 5.85 Å². The second-order valence-corrected chi connectivity index (χ2v) is 6.11. The monoisotopic (exact) mass is 237 g/mol. The Labute approximate surface area is 89.8 Å². The summed E-state index contributed by atoms with van der Waals surface area (Å²) in [5.41, 5.74) is 5.59. The highest BCUT2D eigenvalue weighted by Gasteiger charge is 2.33. The van der Waals surface area contributed by atoms with Crippen molar-refractivity contribution in [1.29, 1.82) is 0 Å². The lowest BCUT2D eigenvalue weighted by atomic mass is 9.85. The fourth-order valence-corrected chi connectivity index (χ4v) is 2.80. The molecule has 2 atom stereocenters. The maximum Gasteiger partial charge on any atom is 0.355 e. The van der Waals surface area contributed by atoms with Crippen LogP contribution >= 0.6 is 7.60 Å². The van der Waals surface area contributed by atoms with Crippen LogP contribution in [-0.4, -0.2) is 26.8 Å². The zero-order valence-corrected chi connectivity index (χ0v) is 9.64. The molecule has 0 aromatic carbocycles. The third-order valence-corrected chi connectivity index (χ3v) is 4.13. The number of nitrogens with two attached hydrogens (primary N) is 1. The average Bonchev–Trinajstić information content (AvgIpc) is 2.16. The van der Waals surface area contributed by atoms with E-state index in [4.69, 9.17) is 15.5 Å². The summed E-state index contributed by atoms with van der Waals surface area (Å²) < 4.78 is 10.8. The molecule has 1 saturated carbocycles. The molecule has 6 heteroatoms. The summed E-state index contributed by atoms with van der Waals surface area (Å²) in [7, 11) is -4.45. The molecule has 1 aliphatic rings. The second kappa shape index (κ2) is 5.41. The highest BCUT2D eigenvalue weighted by molar-refractivity contribution is 7.52. The van der Waals surface area contributed by atoms with E-state index in [1.807, 2.05) is 0 Å². The molecule has 0 spiro atoms. The van der Waals surface area contributed by atoms with Gasteiger partial charge in [0.2, 0.25) is 0 Å². The summed E-state index contributed by atoms with van der Waals surface area (Å²) in [4.78, 5) is 17.5. The minimum atomic E-state index is -4.45. The SMILES string of the molecule is N[C@@H](CC1CCCCC1)C(O)P(=O)(O)O. The molecule has 0 aromatic heterocycles. The number of rotatable bonds is 4. The van der Waals surface area contributed by atoms with Gasteiger partial charge in [0.1, 0.15) is 0 Å². The van der Waals surface area contributed by atoms with Crippen molar-refractivity contribution in [3.63, 3.8) is 0 Å². The van der Waals surface area contributed by atoms with E-state index in [1.54, 1.807) is 0 Å². The van der Waals surface area contributed by atoms with Crippen molar-refractivity contribution in [3.8, 4) is 0 Å². The van der Waals surface area contributed by atoms with Gasteiger partial charge >= 0.3 is 7.60 Å². The van der Waals surface area contributed by atoms with Crippen LogP contribution in [0.5, 0.6) is 0 Å². The minimum absolute atomic E-state index is 0.412. The van der Waals surface area contributed by atoms with Crippen LogP contribution in [0.2, 0.25) is 0 Å². The zero-order chi connectivity index (χ0) is 11.5. The quantitative estimate of drug-likeness (QED) is 0.541. The molecule has 1 rings (SSSR count). The molecule has 5 nitrogen and oxygen atoms in total. The van der Waals surface area contributed by atoms with Gasteiger partial charge in [-0.05, 0) is 12.3 Å². The fraction of sp³-hybridized carbons (Fsp3) is 1.00. The zero-order valence-electron chi connectivity index (χ0n) is 8.75. The lowest BCUT2D eigenvalue weighted by molar-refractivity contribution is 0.158. The van der Waals surface area contributed by atoms with Crippen molar-refractivity contribution in [2.24, 2.45) is 11.7 Å². The van der Waals surface area contributed by atoms with E-state index in [9.17, 15) is 9.67 Å². The molecule has 0 aliphatic heterocycles. The van der Waals surface area contributed by atoms with E-state index in [0.29, 0.717) is 12.3 Å². The summed E-state index contributed by atoms with van der Waals surface area (Å²) in [5.74, 6) is -1.30. The van der Waals surface area contributed by atoms with Crippen molar-refractivity contribution in [1.82, 2.24) is 0 Å². The first-order valence-electron chi connectivity index (χ1n) is 5.40. The van der Waals surface area contributed by atoms with Gasteiger partial charge < -0.3 is 20.6 Å². The molecule has 0 heterocycles. The highest BCUT2D eigenvalue weighted by atomic mass is 31.2. The van der Waals surface area contributed by atoms with E-state index in [1.165, 1.54) is 6.42 Å². The van der Waals surface area contributed by atoms with Crippen LogP contribution < -0.4 is 5.73 Å². The first kappa shape index (κ1) is 13.1. The van der Waals surface area contributed by atoms with Crippen molar-refractivity contribution < 1.29 is 19.5 Å². The average molecular weight is 237 g/mol. The van der Waals surface area contributed by atoms with E-state index in [2.05, 4.69) is 0 Å². The molecule has 0 saturated heterocycles. The maximum absolute atomic E-state index is 10.8. The van der Waals surface area contributed by atoms with Crippen molar-refractivity contribution >= 4 is 7.60 Å². The largest absolute Gasteiger partial charge is 0.379 e. The lowest BCUT2D eigenvalue weighted by Gasteiger charge is -2.27. The number of aliphatic hydroxyl groups excluding tert-OH is 1. The van der Waals surface area contributed by atoms with Gasteiger partial charge in [-0.3, -0.25) is 4.57 Å². The summed E-state index contributed by atoms with van der Waals surface area (Å²) >= 11 is 0. The Kier molecular flexibility index (Phi) is 4.74. The maximum atomic E-state index is 10.8. The Morgan fingerprint density at radius 1 is 1.27 bits per heavy atom. The van der Waals surface area contributed by atoms with Gasteiger partial charge in [0.25, 0.3) is 0 Å². The highest BCUT2D eigenvalue weighted by Crippen LogP contribution is 2.42. The molecule has 1 aliphatic carbocycles. The molecule has 1 unspecified atom stereocenters. The third kappa shape index (κ3) is 4.21. The first-order chi connectivity index (χ1) is 6.91. The normalized spacial score (nSPS) is 23.7. The predicted molar refractivity (Wildman–Crippen MR) is 57.2 cm³/mol. The van der Waals surface area contributed by atoms with E-state index in [0.717, 1.165) is 25.7 Å². The van der Waals surface area contributed by atoms with Crippen LogP contribution in [0.3, 0.4) is 0 Å². The van der Waals surface area contributed by atoms with Gasteiger partial charge in [0.05, 0.1) is 0 Å². The molecule has 1 fully saturated rings. The smallest absolute Gasteiger partial charge is 0.355 e. The molecule has 90 valence electrons. The number of aliphatic hydroxyl groups is 1. The molecule has 15 heavy (non-hydrogen) atoms. The van der Waals surface area contributed by atoms with Gasteiger partial charge in [-0.2, -0.15) is 0 Å². The predicted octanol–water partition coefficient (Wildman–Crippen LogP) is 0.780. The van der Waals surface area contributed by atoms with Crippen LogP contribution in [0, 0.1) is 5.92 Å². The van der Waals surface area contributed by atoms with Crippen LogP contribution in [0.4, 0.5) is 0 Å². The van der Waals surface area contributed by atoms with Crippen LogP contribution in [-0.2, 0) is 4.57 Å². The second-order valence-electron chi connectivity index (χ2n) is 4.41. The Morgan fingerprint density at radius 3 is 2.27 bits per heavy atom. The standard InChI is InChI=1S/C9H20NO4P/c10-8(9(11)15(12,13)14)6-7-4-2-1-3-5-7/h7-9,11H,1-6,10H2,(H2,12,13,14)/t8-,9?/m0/s1. The number of hydrogen-bond acceptors (Lipinski definition) is 3. The van der Waals surface area contributed by atoms with E-state index >= 15 is 0 Å². The van der Waals surface area contributed by atoms with E-state index in [-0.39, 0.29) is 0 Å². The van der Waals surface area contributed by atoms with Crippen molar-refractivity contribution in [3.05, 3.63) is 0 Å². The van der Waals surface area contributed by atoms with Gasteiger partial charge in [-0.15, -0.1) is 0 Å². The molecule has 0 radical (unpaired) electrons. The fourth-order valence-electron chi connectivity index (χ4n) is 2.18. The van der Waals surface area contributed by atoms with Crippen LogP contribution in [0.15, 0.2) is 0 Å². The van der Waals surface area contributed by atoms with Gasteiger partial charge in [0, 0.05) is 6.04 Å². The Bertz CT molecular complexity index is 236. The summed E-state index contributed by atoms with van der Waals surface area (Å²) in [6.45, 7) is 0. The van der Waals surface area contributed by atoms with E-state index < -0.39 is 19.5 Å². The molecule has 5 N–H and O–H groups in total. The van der Waals surface area contributed by atoms with Crippen LogP contribution in [0.1, 0.15) is 38.5 Å². The lowest BCUT2D eigenvalue weighted by Crippen LogP contribution is -2.36. The van der Waals surface area contributed by atoms with Crippen molar-refractivity contribution in [2.75, 3.05) is 0 Å². The Hall–Kier alpha value is 0.0700. The molecular weight excluding hydrogens is 217 g/mol. The molecule has 0 aromatic rings. The summed E-state index contributed by atoms with van der Waals surface area (Å²) in [5, 5.41) is 9.30. The molecule has 0 bridgehead atoms. The summed E-state index contributed by atoms with van der Waals surface area (Å²) in [6.07, 6.45) is 6.16. The Morgan fingerprint density at radius 2 is 1.80 bits per heavy atom. The summed E-state index contributed by atoms with van der Waals surface area (Å²) in [6, 6.07) is -0.811. The van der Waals surface area contributed by atoms with Gasteiger partial charge in [-0.1, -0.05) is 32.1 Å². The Balaban J connectivity index is 2.40. The third-order valence-electron chi connectivity index (χ3n) is 3.06. The topological polar surface area (TPSA) is 104 Å².